The molecular formula is C16H20N2O4S2. The lowest BCUT2D eigenvalue weighted by Gasteiger charge is -2.22. The summed E-state index contributed by atoms with van der Waals surface area (Å²) < 4.78 is 53.6. The van der Waals surface area contributed by atoms with Crippen LogP contribution in [-0.4, -0.2) is 26.8 Å². The topological polar surface area (TPSA) is 85.2 Å². The fourth-order valence-electron chi connectivity index (χ4n) is 2.89. The Morgan fingerprint density at radius 2 is 1.54 bits per heavy atom. The highest BCUT2D eigenvalue weighted by atomic mass is 32.2. The average Bonchev–Trinajstić information content (AvgIpc) is 3.08. The zero-order chi connectivity index (χ0) is 17.2. The van der Waals surface area contributed by atoms with Crippen LogP contribution >= 0.6 is 0 Å². The molecular weight excluding hydrogens is 348 g/mol. The molecule has 0 spiro atoms. The van der Waals surface area contributed by atoms with E-state index in [2.05, 4.69) is 4.72 Å². The molecule has 130 valence electrons. The molecule has 3 rings (SSSR count). The van der Waals surface area contributed by atoms with Crippen LogP contribution in [-0.2, 0) is 20.0 Å². The molecule has 2 aromatic rings. The summed E-state index contributed by atoms with van der Waals surface area (Å²) in [7, 11) is -7.50. The molecule has 0 bridgehead atoms. The molecule has 1 aliphatic carbocycles. The SMILES string of the molecule is O=S(=O)(NC1CCCCC1)c1ccn(S(=O)(=O)c2ccccc2)c1. The van der Waals surface area contributed by atoms with Gasteiger partial charge in [-0.15, -0.1) is 0 Å². The first-order valence-corrected chi connectivity index (χ1v) is 10.8. The van der Waals surface area contributed by atoms with Crippen molar-refractivity contribution in [3.05, 3.63) is 48.8 Å². The molecule has 0 unspecified atom stereocenters. The summed E-state index contributed by atoms with van der Waals surface area (Å²) in [5.74, 6) is 0. The van der Waals surface area contributed by atoms with Crippen LogP contribution < -0.4 is 4.72 Å². The molecule has 0 aliphatic heterocycles. The van der Waals surface area contributed by atoms with Crippen LogP contribution in [0.25, 0.3) is 0 Å². The second-order valence-corrected chi connectivity index (χ2v) is 9.51. The van der Waals surface area contributed by atoms with Crippen LogP contribution in [0.2, 0.25) is 0 Å². The molecule has 1 saturated carbocycles. The van der Waals surface area contributed by atoms with Gasteiger partial charge in [-0.3, -0.25) is 0 Å². The number of benzene rings is 1. The predicted octanol–water partition coefficient (Wildman–Crippen LogP) is 2.34. The number of hydrogen-bond donors (Lipinski definition) is 1. The normalized spacial score (nSPS) is 17.0. The third kappa shape index (κ3) is 3.55. The quantitative estimate of drug-likeness (QED) is 0.878. The summed E-state index contributed by atoms with van der Waals surface area (Å²) in [4.78, 5) is 0.0809. The Morgan fingerprint density at radius 3 is 2.21 bits per heavy atom. The Hall–Kier alpha value is -1.64. The lowest BCUT2D eigenvalue weighted by atomic mass is 9.96. The van der Waals surface area contributed by atoms with Gasteiger partial charge in [-0.1, -0.05) is 37.5 Å². The number of nitrogens with one attached hydrogen (secondary N) is 1. The van der Waals surface area contributed by atoms with Crippen LogP contribution in [0.5, 0.6) is 0 Å². The molecule has 6 nitrogen and oxygen atoms in total. The van der Waals surface area contributed by atoms with Crippen LogP contribution in [0.1, 0.15) is 32.1 Å². The molecule has 1 fully saturated rings. The van der Waals surface area contributed by atoms with E-state index in [1.807, 2.05) is 0 Å². The first-order chi connectivity index (χ1) is 11.4. The lowest BCUT2D eigenvalue weighted by molar-refractivity contribution is 0.412. The second kappa shape index (κ2) is 6.70. The molecule has 1 aromatic heterocycles. The standard InChI is InChI=1S/C16H20N2O4S2/c19-23(20,17-14-7-3-1-4-8-14)16-11-12-18(13-16)24(21,22)15-9-5-2-6-10-15/h2,5-6,9-14,17H,1,3-4,7-8H2. The van der Waals surface area contributed by atoms with Crippen LogP contribution in [0.15, 0.2) is 58.6 Å². The number of aromatic nitrogens is 1. The molecule has 1 heterocycles. The Balaban J connectivity index is 1.85. The third-order valence-corrected chi connectivity index (χ3v) is 7.35. The average molecular weight is 368 g/mol. The zero-order valence-corrected chi connectivity index (χ0v) is 14.8. The second-order valence-electron chi connectivity index (χ2n) is 5.95. The fourth-order valence-corrected chi connectivity index (χ4v) is 5.48. The summed E-state index contributed by atoms with van der Waals surface area (Å²) in [6.45, 7) is 0. The van der Waals surface area contributed by atoms with E-state index < -0.39 is 20.0 Å². The molecule has 24 heavy (non-hydrogen) atoms. The summed E-state index contributed by atoms with van der Waals surface area (Å²) in [5.41, 5.74) is 0. The van der Waals surface area contributed by atoms with Gasteiger partial charge in [-0.2, -0.15) is 0 Å². The van der Waals surface area contributed by atoms with E-state index in [1.54, 1.807) is 18.2 Å². The van der Waals surface area contributed by atoms with Gasteiger partial charge in [0.25, 0.3) is 10.0 Å². The van der Waals surface area contributed by atoms with Gasteiger partial charge in [0.1, 0.15) is 4.90 Å². The van der Waals surface area contributed by atoms with Crippen molar-refractivity contribution in [1.29, 1.82) is 0 Å². The van der Waals surface area contributed by atoms with Crippen LogP contribution in [0, 0.1) is 0 Å². The minimum absolute atomic E-state index is 0.0346. The van der Waals surface area contributed by atoms with Crippen molar-refractivity contribution in [2.24, 2.45) is 0 Å². The van der Waals surface area contributed by atoms with E-state index in [-0.39, 0.29) is 15.8 Å². The van der Waals surface area contributed by atoms with E-state index in [4.69, 9.17) is 0 Å². The first-order valence-electron chi connectivity index (χ1n) is 7.90. The highest BCUT2D eigenvalue weighted by Gasteiger charge is 2.24. The minimum Gasteiger partial charge on any atom is -0.248 e. The number of hydrogen-bond acceptors (Lipinski definition) is 4. The predicted molar refractivity (Wildman–Crippen MR) is 90.7 cm³/mol. The van der Waals surface area contributed by atoms with Crippen LogP contribution in [0.3, 0.4) is 0 Å². The molecule has 1 aromatic carbocycles. The molecule has 0 radical (unpaired) electrons. The van der Waals surface area contributed by atoms with Crippen molar-refractivity contribution in [2.75, 3.05) is 0 Å². The van der Waals surface area contributed by atoms with Crippen molar-refractivity contribution >= 4 is 20.0 Å². The van der Waals surface area contributed by atoms with E-state index in [1.165, 1.54) is 24.4 Å². The molecule has 1 N–H and O–H groups in total. The monoisotopic (exact) mass is 368 g/mol. The van der Waals surface area contributed by atoms with Gasteiger partial charge in [0, 0.05) is 18.4 Å². The zero-order valence-electron chi connectivity index (χ0n) is 13.1. The van der Waals surface area contributed by atoms with Gasteiger partial charge in [0.2, 0.25) is 10.0 Å². The maximum atomic E-state index is 12.5. The Labute approximate surface area is 142 Å². The Morgan fingerprint density at radius 1 is 0.875 bits per heavy atom. The molecule has 0 amide bonds. The van der Waals surface area contributed by atoms with E-state index in [0.29, 0.717) is 0 Å². The summed E-state index contributed by atoms with van der Waals surface area (Å²) in [6.07, 6.45) is 7.20. The minimum atomic E-state index is -3.79. The van der Waals surface area contributed by atoms with Crippen molar-refractivity contribution in [1.82, 2.24) is 8.69 Å². The van der Waals surface area contributed by atoms with Crippen molar-refractivity contribution in [3.8, 4) is 0 Å². The summed E-state index contributed by atoms with van der Waals surface area (Å²) in [5, 5.41) is 0. The highest BCUT2D eigenvalue weighted by molar-refractivity contribution is 7.90. The molecule has 0 atom stereocenters. The summed E-state index contributed by atoms with van der Waals surface area (Å²) in [6, 6.07) is 9.16. The van der Waals surface area contributed by atoms with E-state index in [9.17, 15) is 16.8 Å². The number of nitrogens with zero attached hydrogens (tertiary/aromatic N) is 1. The van der Waals surface area contributed by atoms with Gasteiger partial charge >= 0.3 is 0 Å². The van der Waals surface area contributed by atoms with Crippen molar-refractivity contribution in [2.45, 2.75) is 47.9 Å². The largest absolute Gasteiger partial charge is 0.267 e. The van der Waals surface area contributed by atoms with Crippen molar-refractivity contribution in [3.63, 3.8) is 0 Å². The van der Waals surface area contributed by atoms with E-state index >= 15 is 0 Å². The van der Waals surface area contributed by atoms with Crippen molar-refractivity contribution < 1.29 is 16.8 Å². The van der Waals surface area contributed by atoms with E-state index in [0.717, 1.165) is 42.3 Å². The van der Waals surface area contributed by atoms with Gasteiger partial charge < -0.3 is 0 Å². The summed E-state index contributed by atoms with van der Waals surface area (Å²) >= 11 is 0. The molecule has 1 aliphatic rings. The Bertz CT molecular complexity index is 897. The fraction of sp³-hybridized carbons (Fsp3) is 0.375. The highest BCUT2D eigenvalue weighted by Crippen LogP contribution is 2.21. The molecule has 8 heteroatoms. The Kier molecular flexibility index (Phi) is 4.80. The third-order valence-electron chi connectivity index (χ3n) is 4.20. The van der Waals surface area contributed by atoms with Gasteiger partial charge in [0.05, 0.1) is 4.90 Å². The molecule has 0 saturated heterocycles. The maximum Gasteiger partial charge on any atom is 0.267 e. The number of rotatable bonds is 5. The lowest BCUT2D eigenvalue weighted by Crippen LogP contribution is -2.36. The van der Waals surface area contributed by atoms with Crippen LogP contribution in [0.4, 0.5) is 0 Å². The first kappa shape index (κ1) is 17.2. The van der Waals surface area contributed by atoms with Gasteiger partial charge in [0.15, 0.2) is 0 Å². The smallest absolute Gasteiger partial charge is 0.248 e. The van der Waals surface area contributed by atoms with Gasteiger partial charge in [-0.25, -0.2) is 25.5 Å². The number of sulfonamides is 1. The van der Waals surface area contributed by atoms with Gasteiger partial charge in [-0.05, 0) is 31.0 Å². The maximum absolute atomic E-state index is 12.5.